The van der Waals surface area contributed by atoms with Gasteiger partial charge in [0.2, 0.25) is 11.8 Å². The topological polar surface area (TPSA) is 49.4 Å². The van der Waals surface area contributed by atoms with Crippen LogP contribution >= 0.6 is 0 Å². The molecule has 0 spiro atoms. The summed E-state index contributed by atoms with van der Waals surface area (Å²) in [4.78, 5) is 25.9. The number of halogens is 3. The predicted octanol–water partition coefficient (Wildman–Crippen LogP) is 3.68. The van der Waals surface area contributed by atoms with Crippen molar-refractivity contribution < 1.29 is 22.8 Å². The molecule has 0 radical (unpaired) electrons. The van der Waals surface area contributed by atoms with Crippen LogP contribution in [-0.2, 0) is 22.3 Å². The highest BCUT2D eigenvalue weighted by Gasteiger charge is 2.36. The second-order valence-electron chi connectivity index (χ2n) is 6.66. The van der Waals surface area contributed by atoms with Gasteiger partial charge in [-0.2, -0.15) is 13.2 Å². The van der Waals surface area contributed by atoms with E-state index in [-0.39, 0.29) is 30.5 Å². The van der Waals surface area contributed by atoms with Gasteiger partial charge in [0.25, 0.3) is 0 Å². The second kappa shape index (κ2) is 7.42. The standard InChI is InChI=1S/C20H19F3N2O2/c1-13-4-2-5-14(8-13)11-24-19(27)15-9-18(26)25(12-15)17-7-3-6-16(10-17)20(21,22)23/h2-8,10,15H,9,11-12H2,1H3,(H,24,27)/t15-/m0/s1. The minimum absolute atomic E-state index is 0.0180. The Labute approximate surface area is 155 Å². The lowest BCUT2D eigenvalue weighted by atomic mass is 10.1. The number of benzene rings is 2. The number of rotatable bonds is 4. The molecule has 0 saturated carbocycles. The van der Waals surface area contributed by atoms with Crippen LogP contribution in [0.5, 0.6) is 0 Å². The van der Waals surface area contributed by atoms with Crippen LogP contribution in [0, 0.1) is 12.8 Å². The van der Waals surface area contributed by atoms with Crippen molar-refractivity contribution in [3.05, 3.63) is 65.2 Å². The molecule has 1 saturated heterocycles. The first-order valence-electron chi connectivity index (χ1n) is 8.55. The summed E-state index contributed by atoms with van der Waals surface area (Å²) in [5.74, 6) is -1.22. The summed E-state index contributed by atoms with van der Waals surface area (Å²) in [6.07, 6.45) is -4.50. The van der Waals surface area contributed by atoms with Crippen LogP contribution in [-0.4, -0.2) is 18.4 Å². The molecule has 1 aliphatic rings. The highest BCUT2D eigenvalue weighted by Crippen LogP contribution is 2.33. The average molecular weight is 376 g/mol. The molecule has 3 rings (SSSR count). The van der Waals surface area contributed by atoms with E-state index in [1.54, 1.807) is 0 Å². The summed E-state index contributed by atoms with van der Waals surface area (Å²) < 4.78 is 38.6. The van der Waals surface area contributed by atoms with E-state index in [1.165, 1.54) is 17.0 Å². The third-order valence-electron chi connectivity index (χ3n) is 4.53. The molecule has 1 heterocycles. The highest BCUT2D eigenvalue weighted by molar-refractivity contribution is 6.00. The van der Waals surface area contributed by atoms with Crippen LogP contribution in [0.4, 0.5) is 18.9 Å². The Morgan fingerprint density at radius 2 is 1.93 bits per heavy atom. The minimum Gasteiger partial charge on any atom is -0.352 e. The van der Waals surface area contributed by atoms with Gasteiger partial charge in [-0.25, -0.2) is 0 Å². The number of alkyl halides is 3. The summed E-state index contributed by atoms with van der Waals surface area (Å²) in [5, 5.41) is 2.80. The van der Waals surface area contributed by atoms with E-state index in [4.69, 9.17) is 0 Å². The Hall–Kier alpha value is -2.83. The van der Waals surface area contributed by atoms with Crippen LogP contribution in [0.3, 0.4) is 0 Å². The van der Waals surface area contributed by atoms with E-state index in [0.29, 0.717) is 6.54 Å². The summed E-state index contributed by atoms with van der Waals surface area (Å²) in [5.41, 5.74) is 1.36. The summed E-state index contributed by atoms with van der Waals surface area (Å²) in [6, 6.07) is 12.3. The van der Waals surface area contributed by atoms with Gasteiger partial charge >= 0.3 is 6.18 Å². The maximum absolute atomic E-state index is 12.9. The second-order valence-corrected chi connectivity index (χ2v) is 6.66. The Morgan fingerprint density at radius 3 is 2.63 bits per heavy atom. The van der Waals surface area contributed by atoms with Crippen molar-refractivity contribution in [2.75, 3.05) is 11.4 Å². The fourth-order valence-corrected chi connectivity index (χ4v) is 3.14. The third-order valence-corrected chi connectivity index (χ3v) is 4.53. The van der Waals surface area contributed by atoms with Gasteiger partial charge in [0.05, 0.1) is 11.5 Å². The van der Waals surface area contributed by atoms with Crippen LogP contribution in [0.2, 0.25) is 0 Å². The van der Waals surface area contributed by atoms with Crippen molar-refractivity contribution in [1.82, 2.24) is 5.32 Å². The van der Waals surface area contributed by atoms with E-state index in [2.05, 4.69) is 5.32 Å². The molecule has 2 aromatic rings. The van der Waals surface area contributed by atoms with Crippen LogP contribution in [0.25, 0.3) is 0 Å². The Balaban J connectivity index is 1.65. The average Bonchev–Trinajstić information content (AvgIpc) is 3.01. The molecule has 0 aromatic heterocycles. The minimum atomic E-state index is -4.48. The van der Waals surface area contributed by atoms with Crippen molar-refractivity contribution in [3.8, 4) is 0 Å². The van der Waals surface area contributed by atoms with Crippen LogP contribution in [0.1, 0.15) is 23.1 Å². The zero-order valence-corrected chi connectivity index (χ0v) is 14.7. The molecule has 4 nitrogen and oxygen atoms in total. The molecule has 1 atom stereocenters. The van der Waals surface area contributed by atoms with E-state index in [9.17, 15) is 22.8 Å². The molecule has 2 aromatic carbocycles. The number of amides is 2. The molecule has 1 aliphatic heterocycles. The SMILES string of the molecule is Cc1cccc(CNC(=O)[C@H]2CC(=O)N(c3cccc(C(F)(F)F)c3)C2)c1. The van der Waals surface area contributed by atoms with Crippen molar-refractivity contribution >= 4 is 17.5 Å². The molecule has 27 heavy (non-hydrogen) atoms. The molecular weight excluding hydrogens is 357 g/mol. The first kappa shape index (κ1) is 18.9. The van der Waals surface area contributed by atoms with Gasteiger partial charge in [-0.15, -0.1) is 0 Å². The summed E-state index contributed by atoms with van der Waals surface area (Å²) >= 11 is 0. The lowest BCUT2D eigenvalue weighted by molar-refractivity contribution is -0.137. The Kier molecular flexibility index (Phi) is 5.21. The predicted molar refractivity (Wildman–Crippen MR) is 94.9 cm³/mol. The number of aryl methyl sites for hydroxylation is 1. The maximum Gasteiger partial charge on any atom is 0.416 e. The van der Waals surface area contributed by atoms with Crippen molar-refractivity contribution in [1.29, 1.82) is 0 Å². The zero-order chi connectivity index (χ0) is 19.6. The molecule has 1 N–H and O–H groups in total. The van der Waals surface area contributed by atoms with Crippen molar-refractivity contribution in [2.45, 2.75) is 26.1 Å². The highest BCUT2D eigenvalue weighted by atomic mass is 19.4. The molecule has 0 unspecified atom stereocenters. The number of carbonyl (C=O) groups is 2. The third kappa shape index (κ3) is 4.48. The smallest absolute Gasteiger partial charge is 0.352 e. The van der Waals surface area contributed by atoms with Crippen LogP contribution < -0.4 is 10.2 Å². The maximum atomic E-state index is 12.9. The molecular formula is C20H19F3N2O2. The molecule has 0 bridgehead atoms. The van der Waals surface area contributed by atoms with Gasteiger partial charge in [0.15, 0.2) is 0 Å². The lowest BCUT2D eigenvalue weighted by Gasteiger charge is -2.18. The Bertz CT molecular complexity index is 864. The fraction of sp³-hybridized carbons (Fsp3) is 0.300. The molecule has 1 fully saturated rings. The van der Waals surface area contributed by atoms with Crippen molar-refractivity contribution in [3.63, 3.8) is 0 Å². The lowest BCUT2D eigenvalue weighted by Crippen LogP contribution is -2.32. The first-order valence-corrected chi connectivity index (χ1v) is 8.55. The van der Waals surface area contributed by atoms with Gasteiger partial charge in [0.1, 0.15) is 0 Å². The normalized spacial score (nSPS) is 17.3. The summed E-state index contributed by atoms with van der Waals surface area (Å²) in [6.45, 7) is 2.36. The number of hydrogen-bond acceptors (Lipinski definition) is 2. The van der Waals surface area contributed by atoms with Gasteiger partial charge < -0.3 is 10.2 Å². The monoisotopic (exact) mass is 376 g/mol. The number of carbonyl (C=O) groups excluding carboxylic acids is 2. The van der Waals surface area contributed by atoms with E-state index in [1.807, 2.05) is 31.2 Å². The van der Waals surface area contributed by atoms with E-state index >= 15 is 0 Å². The molecule has 0 aliphatic carbocycles. The number of nitrogens with zero attached hydrogens (tertiary/aromatic N) is 1. The quantitative estimate of drug-likeness (QED) is 0.885. The number of nitrogens with one attached hydrogen (secondary N) is 1. The molecule has 142 valence electrons. The zero-order valence-electron chi connectivity index (χ0n) is 14.7. The number of hydrogen-bond donors (Lipinski definition) is 1. The summed E-state index contributed by atoms with van der Waals surface area (Å²) in [7, 11) is 0. The van der Waals surface area contributed by atoms with Gasteiger partial charge in [0, 0.05) is 25.2 Å². The van der Waals surface area contributed by atoms with Gasteiger partial charge in [-0.3, -0.25) is 9.59 Å². The van der Waals surface area contributed by atoms with Crippen LogP contribution in [0.15, 0.2) is 48.5 Å². The van der Waals surface area contributed by atoms with Gasteiger partial charge in [-0.05, 0) is 30.7 Å². The van der Waals surface area contributed by atoms with E-state index < -0.39 is 17.7 Å². The molecule has 2 amide bonds. The number of anilines is 1. The fourth-order valence-electron chi connectivity index (χ4n) is 3.14. The largest absolute Gasteiger partial charge is 0.416 e. The molecule has 7 heteroatoms. The van der Waals surface area contributed by atoms with Gasteiger partial charge in [-0.1, -0.05) is 35.9 Å². The van der Waals surface area contributed by atoms with Crippen molar-refractivity contribution in [2.24, 2.45) is 5.92 Å². The van der Waals surface area contributed by atoms with E-state index in [0.717, 1.165) is 23.3 Å². The Morgan fingerprint density at radius 1 is 1.19 bits per heavy atom. The first-order chi connectivity index (χ1) is 12.7.